The van der Waals surface area contributed by atoms with Gasteiger partial charge in [0.1, 0.15) is 5.54 Å². The molecule has 0 aliphatic carbocycles. The number of hydrogen-bond acceptors (Lipinski definition) is 3. The Hall–Kier alpha value is -1.60. The van der Waals surface area contributed by atoms with Gasteiger partial charge in [-0.2, -0.15) is 4.31 Å². The maximum atomic E-state index is 13.2. The molecule has 2 aromatic rings. The maximum Gasteiger partial charge on any atom is 0.324 e. The summed E-state index contributed by atoms with van der Waals surface area (Å²) < 4.78 is 27.4. The number of nitrogens with zero attached hydrogens (tertiary/aromatic N) is 1. The van der Waals surface area contributed by atoms with Gasteiger partial charge in [0.15, 0.2) is 0 Å². The lowest BCUT2D eigenvalue weighted by atomic mass is 9.90. The van der Waals surface area contributed by atoms with E-state index in [2.05, 4.69) is 0 Å². The van der Waals surface area contributed by atoms with Crippen molar-refractivity contribution in [3.63, 3.8) is 0 Å². The molecule has 0 spiro atoms. The molecule has 1 heterocycles. The zero-order valence-corrected chi connectivity index (χ0v) is 16.2. The number of carboxylic acids is 1. The second-order valence-corrected chi connectivity index (χ2v) is 9.27. The zero-order chi connectivity index (χ0) is 19.1. The Labute approximate surface area is 162 Å². The highest BCUT2D eigenvalue weighted by Crippen LogP contribution is 2.42. The Kier molecular flexibility index (Phi) is 5.05. The van der Waals surface area contributed by atoms with Crippen LogP contribution in [0.25, 0.3) is 0 Å². The summed E-state index contributed by atoms with van der Waals surface area (Å²) in [6, 6.07) is 13.3. The second kappa shape index (κ2) is 6.85. The average molecular weight is 414 g/mol. The molecule has 1 N–H and O–H groups in total. The van der Waals surface area contributed by atoms with Crippen molar-refractivity contribution < 1.29 is 18.3 Å². The standard InChI is InChI=1S/C18H17Cl2NO4S/c1-18(17(22)23)10-13(12-5-3-2-4-6-12)11-21(18)26(24,25)16-8-14(19)7-15(20)9-16/h2-9,13H,10-11H2,1H3,(H,22,23)/t13-,18+/m1/s1. The van der Waals surface area contributed by atoms with E-state index in [4.69, 9.17) is 23.2 Å². The van der Waals surface area contributed by atoms with Crippen LogP contribution in [0.3, 0.4) is 0 Å². The quantitative estimate of drug-likeness (QED) is 0.820. The molecule has 1 fully saturated rings. The van der Waals surface area contributed by atoms with Crippen molar-refractivity contribution in [3.8, 4) is 0 Å². The van der Waals surface area contributed by atoms with E-state index in [1.807, 2.05) is 30.3 Å². The van der Waals surface area contributed by atoms with Gasteiger partial charge >= 0.3 is 5.97 Å². The van der Waals surface area contributed by atoms with E-state index < -0.39 is 21.5 Å². The maximum absolute atomic E-state index is 13.2. The van der Waals surface area contributed by atoms with Crippen LogP contribution in [0.4, 0.5) is 0 Å². The molecule has 0 amide bonds. The molecule has 0 aromatic heterocycles. The van der Waals surface area contributed by atoms with Crippen molar-refractivity contribution in [1.29, 1.82) is 0 Å². The third-order valence-electron chi connectivity index (χ3n) is 4.74. The van der Waals surface area contributed by atoms with Gasteiger partial charge in [0, 0.05) is 22.5 Å². The molecule has 8 heteroatoms. The third kappa shape index (κ3) is 3.34. The topological polar surface area (TPSA) is 74.7 Å². The summed E-state index contributed by atoms with van der Waals surface area (Å²) in [6.45, 7) is 1.50. The van der Waals surface area contributed by atoms with Crippen LogP contribution >= 0.6 is 23.2 Å². The second-order valence-electron chi connectivity index (χ2n) is 6.53. The van der Waals surface area contributed by atoms with Crippen LogP contribution in [0.15, 0.2) is 53.4 Å². The van der Waals surface area contributed by atoms with Crippen molar-refractivity contribution in [1.82, 2.24) is 4.31 Å². The van der Waals surface area contributed by atoms with Gasteiger partial charge in [-0.15, -0.1) is 0 Å². The van der Waals surface area contributed by atoms with Gasteiger partial charge < -0.3 is 5.11 Å². The molecule has 0 bridgehead atoms. The van der Waals surface area contributed by atoms with E-state index in [-0.39, 0.29) is 33.8 Å². The van der Waals surface area contributed by atoms with Crippen molar-refractivity contribution >= 4 is 39.2 Å². The summed E-state index contributed by atoms with van der Waals surface area (Å²) >= 11 is 11.9. The number of hydrogen-bond donors (Lipinski definition) is 1. The number of carbonyl (C=O) groups is 1. The van der Waals surface area contributed by atoms with Gasteiger partial charge in [-0.25, -0.2) is 8.42 Å². The van der Waals surface area contributed by atoms with E-state index in [9.17, 15) is 18.3 Å². The summed E-state index contributed by atoms with van der Waals surface area (Å²) in [7, 11) is -4.09. The molecule has 2 aromatic carbocycles. The summed E-state index contributed by atoms with van der Waals surface area (Å²) in [6.07, 6.45) is 0.180. The predicted molar refractivity (Wildman–Crippen MR) is 100 cm³/mol. The lowest BCUT2D eigenvalue weighted by Crippen LogP contribution is -2.50. The van der Waals surface area contributed by atoms with Gasteiger partial charge in [0.25, 0.3) is 0 Å². The van der Waals surface area contributed by atoms with Crippen LogP contribution in [0, 0.1) is 0 Å². The molecule has 0 unspecified atom stereocenters. The molecule has 1 aliphatic heterocycles. The molecule has 2 atom stereocenters. The Bertz CT molecular complexity index is 929. The summed E-state index contributed by atoms with van der Waals surface area (Å²) in [5, 5.41) is 10.1. The van der Waals surface area contributed by atoms with Gasteiger partial charge in [-0.1, -0.05) is 53.5 Å². The smallest absolute Gasteiger partial charge is 0.324 e. The Morgan fingerprint density at radius 1 is 1.15 bits per heavy atom. The Morgan fingerprint density at radius 3 is 2.27 bits per heavy atom. The Morgan fingerprint density at radius 2 is 1.73 bits per heavy atom. The fourth-order valence-electron chi connectivity index (χ4n) is 3.36. The minimum absolute atomic E-state index is 0.0687. The van der Waals surface area contributed by atoms with Gasteiger partial charge in [-0.3, -0.25) is 4.79 Å². The zero-order valence-electron chi connectivity index (χ0n) is 13.9. The van der Waals surface area contributed by atoms with E-state index in [1.54, 1.807) is 0 Å². The summed E-state index contributed by atoms with van der Waals surface area (Å²) in [5.74, 6) is -1.41. The van der Waals surface area contributed by atoms with Crippen molar-refractivity contribution in [3.05, 3.63) is 64.1 Å². The normalized spacial score (nSPS) is 23.9. The first-order valence-electron chi connectivity index (χ1n) is 7.92. The minimum atomic E-state index is -4.09. The highest BCUT2D eigenvalue weighted by molar-refractivity contribution is 7.89. The molecule has 0 saturated carbocycles. The van der Waals surface area contributed by atoms with E-state index >= 15 is 0 Å². The van der Waals surface area contributed by atoms with Gasteiger partial charge in [0.05, 0.1) is 4.90 Å². The van der Waals surface area contributed by atoms with E-state index in [0.717, 1.165) is 9.87 Å². The van der Waals surface area contributed by atoms with Gasteiger partial charge in [-0.05, 0) is 37.1 Å². The van der Waals surface area contributed by atoms with Crippen LogP contribution in [0.2, 0.25) is 10.0 Å². The number of aliphatic carboxylic acids is 1. The van der Waals surface area contributed by atoms with Crippen LogP contribution in [0.5, 0.6) is 0 Å². The molecule has 1 saturated heterocycles. The predicted octanol–water partition coefficient (Wildman–Crippen LogP) is 4.01. The lowest BCUT2D eigenvalue weighted by Gasteiger charge is -2.30. The number of rotatable bonds is 4. The first kappa shape index (κ1) is 19.2. The third-order valence-corrected chi connectivity index (χ3v) is 7.14. The number of sulfonamides is 1. The van der Waals surface area contributed by atoms with Crippen molar-refractivity contribution in [2.75, 3.05) is 6.54 Å². The number of carboxylic acid groups (broad SMARTS) is 1. The fourth-order valence-corrected chi connectivity index (χ4v) is 5.88. The van der Waals surface area contributed by atoms with Crippen LogP contribution in [-0.4, -0.2) is 35.9 Å². The molecule has 0 radical (unpaired) electrons. The van der Waals surface area contributed by atoms with Crippen LogP contribution < -0.4 is 0 Å². The van der Waals surface area contributed by atoms with Crippen molar-refractivity contribution in [2.24, 2.45) is 0 Å². The first-order chi connectivity index (χ1) is 12.1. The van der Waals surface area contributed by atoms with Crippen LogP contribution in [0.1, 0.15) is 24.8 Å². The van der Waals surface area contributed by atoms with E-state index in [1.165, 1.54) is 25.1 Å². The highest BCUT2D eigenvalue weighted by Gasteiger charge is 2.53. The Balaban J connectivity index is 2.07. The summed E-state index contributed by atoms with van der Waals surface area (Å²) in [5.41, 5.74) is -0.657. The molecule has 5 nitrogen and oxygen atoms in total. The fraction of sp³-hybridized carbons (Fsp3) is 0.278. The first-order valence-corrected chi connectivity index (χ1v) is 10.1. The molecule has 1 aliphatic rings. The summed E-state index contributed by atoms with van der Waals surface area (Å²) in [4.78, 5) is 11.8. The SMILES string of the molecule is C[C@@]1(C(=O)O)C[C@@H](c2ccccc2)CN1S(=O)(=O)c1cc(Cl)cc(Cl)c1. The molecule has 3 rings (SSSR count). The molecular weight excluding hydrogens is 397 g/mol. The van der Waals surface area contributed by atoms with Crippen molar-refractivity contribution in [2.45, 2.75) is 29.7 Å². The minimum Gasteiger partial charge on any atom is -0.480 e. The molecule has 138 valence electrons. The molecular formula is C18H17Cl2NO4S. The number of benzene rings is 2. The van der Waals surface area contributed by atoms with Gasteiger partial charge in [0.2, 0.25) is 10.0 Å². The largest absolute Gasteiger partial charge is 0.480 e. The molecule has 26 heavy (non-hydrogen) atoms. The highest BCUT2D eigenvalue weighted by atomic mass is 35.5. The average Bonchev–Trinajstić information content (AvgIpc) is 2.95. The monoisotopic (exact) mass is 413 g/mol. The van der Waals surface area contributed by atoms with E-state index in [0.29, 0.717) is 0 Å². The lowest BCUT2D eigenvalue weighted by molar-refractivity contribution is -0.146. The number of halogens is 2. The van der Waals surface area contributed by atoms with Crippen LogP contribution in [-0.2, 0) is 14.8 Å².